The van der Waals surface area contributed by atoms with Crippen molar-refractivity contribution in [3.63, 3.8) is 0 Å². The number of nitrogens with zero attached hydrogens (tertiary/aromatic N) is 5. The number of hydrogen-bond acceptors (Lipinski definition) is 7. The Balaban J connectivity index is 1.71. The van der Waals surface area contributed by atoms with Crippen LogP contribution in [0.2, 0.25) is 18.1 Å². The lowest BCUT2D eigenvalue weighted by molar-refractivity contribution is -0.142. The van der Waals surface area contributed by atoms with E-state index in [0.717, 1.165) is 4.68 Å². The van der Waals surface area contributed by atoms with Crippen LogP contribution in [-0.4, -0.2) is 52.5 Å². The second-order valence-electron chi connectivity index (χ2n) is 11.7. The average molecular weight is 648 g/mol. The second-order valence-corrected chi connectivity index (χ2v) is 16.5. The maximum Gasteiger partial charge on any atom is 0.435 e. The summed E-state index contributed by atoms with van der Waals surface area (Å²) in [6, 6.07) is 1.26. The van der Waals surface area contributed by atoms with Crippen LogP contribution in [-0.2, 0) is 30.4 Å². The Bertz CT molecular complexity index is 1500. The van der Waals surface area contributed by atoms with Crippen molar-refractivity contribution in [2.24, 2.45) is 7.05 Å². The summed E-state index contributed by atoms with van der Waals surface area (Å²) in [5.41, 5.74) is -2.13. The number of carbonyl (C=O) groups is 1. The summed E-state index contributed by atoms with van der Waals surface area (Å²) in [6.45, 7) is 13.1. The monoisotopic (exact) mass is 647 g/mol. The molecule has 0 aromatic carbocycles. The molecule has 0 spiro atoms. The van der Waals surface area contributed by atoms with Crippen LogP contribution in [0.25, 0.3) is 11.3 Å². The molecule has 2 N–H and O–H groups in total. The highest BCUT2D eigenvalue weighted by molar-refractivity contribution is 6.74. The molecule has 3 aromatic rings. The van der Waals surface area contributed by atoms with Gasteiger partial charge in [-0.25, -0.2) is 9.78 Å². The van der Waals surface area contributed by atoms with Gasteiger partial charge in [-0.1, -0.05) is 20.8 Å². The molecule has 0 aliphatic heterocycles. The Kier molecular flexibility index (Phi) is 10.0. The Hall–Kier alpha value is -3.73. The van der Waals surface area contributed by atoms with E-state index < -0.39 is 38.1 Å². The number of alkyl halides is 6. The Labute approximate surface area is 251 Å². The fourth-order valence-electron chi connectivity index (χ4n) is 3.75. The molecule has 44 heavy (non-hydrogen) atoms. The van der Waals surface area contributed by atoms with Crippen LogP contribution in [0.15, 0.2) is 18.3 Å². The highest BCUT2D eigenvalue weighted by Gasteiger charge is 2.39. The fourth-order valence-corrected chi connectivity index (χ4v) is 4.78. The first kappa shape index (κ1) is 34.8. The minimum atomic E-state index is -4.81. The molecule has 3 rings (SSSR count). The largest absolute Gasteiger partial charge is 0.475 e. The van der Waals surface area contributed by atoms with Crippen molar-refractivity contribution in [3.8, 4) is 17.1 Å². The number of aryl methyl sites for hydroxylation is 2. The molecule has 17 heteroatoms. The number of carbonyl (C=O) groups excluding carboxylic acids is 1. The van der Waals surface area contributed by atoms with Gasteiger partial charge in [-0.2, -0.15) is 36.5 Å². The first-order valence-corrected chi connectivity index (χ1v) is 16.4. The van der Waals surface area contributed by atoms with Crippen LogP contribution in [0.3, 0.4) is 0 Å². The number of anilines is 1. The van der Waals surface area contributed by atoms with E-state index in [1.165, 1.54) is 33.2 Å². The molecule has 0 saturated heterocycles. The zero-order valence-corrected chi connectivity index (χ0v) is 26.6. The molecule has 0 unspecified atom stereocenters. The predicted molar refractivity (Wildman–Crippen MR) is 152 cm³/mol. The third kappa shape index (κ3) is 8.46. The molecule has 10 nitrogen and oxygen atoms in total. The number of urea groups is 1. The summed E-state index contributed by atoms with van der Waals surface area (Å²) in [4.78, 5) is 16.2. The minimum absolute atomic E-state index is 0.0343. The number of nitrogens with one attached hydrogen (secondary N) is 2. The molecule has 3 aromatic heterocycles. The number of amides is 2. The lowest BCUT2D eigenvalue weighted by Crippen LogP contribution is -2.41. The van der Waals surface area contributed by atoms with Gasteiger partial charge in [0.15, 0.2) is 19.7 Å². The average Bonchev–Trinajstić information content (AvgIpc) is 3.28. The topological polar surface area (TPSA) is 116 Å². The molecule has 0 aliphatic rings. The van der Waals surface area contributed by atoms with Gasteiger partial charge in [-0.15, -0.1) is 5.10 Å². The molecule has 0 radical (unpaired) electrons. The van der Waals surface area contributed by atoms with Crippen LogP contribution in [0.5, 0.6) is 5.88 Å². The number of pyridine rings is 1. The number of aromatic nitrogens is 5. The van der Waals surface area contributed by atoms with Gasteiger partial charge < -0.3 is 19.8 Å². The maximum atomic E-state index is 13.6. The molecule has 3 heterocycles. The molecule has 242 valence electrons. The zero-order valence-electron chi connectivity index (χ0n) is 25.6. The SMILES string of the molecule is Cc1cc(CNC(=O)Nc2cc(C(F)(F)F)nc(OCCO[Si](C)(C)C(C)(C)C)c2C)nnc1-c1cn(C)nc1C(F)(F)F. The molecule has 2 amide bonds. The van der Waals surface area contributed by atoms with E-state index in [4.69, 9.17) is 9.16 Å². The third-order valence-electron chi connectivity index (χ3n) is 7.18. The minimum Gasteiger partial charge on any atom is -0.475 e. The van der Waals surface area contributed by atoms with Crippen LogP contribution in [0, 0.1) is 13.8 Å². The van der Waals surface area contributed by atoms with E-state index in [0.29, 0.717) is 11.6 Å². The predicted octanol–water partition coefficient (Wildman–Crippen LogP) is 6.65. The van der Waals surface area contributed by atoms with E-state index in [1.807, 2.05) is 13.1 Å². The molecule has 0 bridgehead atoms. The molecule has 0 atom stereocenters. The molecular weight excluding hydrogens is 612 g/mol. The van der Waals surface area contributed by atoms with Crippen molar-refractivity contribution >= 4 is 20.0 Å². The summed E-state index contributed by atoms with van der Waals surface area (Å²) in [5, 5.41) is 16.0. The zero-order chi connectivity index (χ0) is 33.3. The third-order valence-corrected chi connectivity index (χ3v) is 11.7. The van der Waals surface area contributed by atoms with Crippen molar-refractivity contribution in [1.82, 2.24) is 30.3 Å². The molecule has 0 aliphatic carbocycles. The van der Waals surface area contributed by atoms with Gasteiger partial charge in [0.1, 0.15) is 6.61 Å². The quantitative estimate of drug-likeness (QED) is 0.152. The Morgan fingerprint density at radius 1 is 1.00 bits per heavy atom. The van der Waals surface area contributed by atoms with Crippen molar-refractivity contribution in [3.05, 3.63) is 46.5 Å². The molecule has 0 fully saturated rings. The van der Waals surface area contributed by atoms with Gasteiger partial charge >= 0.3 is 18.4 Å². The van der Waals surface area contributed by atoms with Crippen LogP contribution < -0.4 is 15.4 Å². The molecular formula is C27H35F6N7O3Si. The highest BCUT2D eigenvalue weighted by Crippen LogP contribution is 2.38. The summed E-state index contributed by atoms with van der Waals surface area (Å²) in [6.07, 6.45) is -8.34. The summed E-state index contributed by atoms with van der Waals surface area (Å²) in [7, 11) is -0.757. The first-order valence-electron chi connectivity index (χ1n) is 13.4. The van der Waals surface area contributed by atoms with Crippen LogP contribution >= 0.6 is 0 Å². The van der Waals surface area contributed by atoms with E-state index in [9.17, 15) is 31.1 Å². The number of ether oxygens (including phenoxy) is 1. The van der Waals surface area contributed by atoms with Gasteiger partial charge in [-0.05, 0) is 49.7 Å². The number of hydrogen-bond donors (Lipinski definition) is 2. The van der Waals surface area contributed by atoms with E-state index in [2.05, 4.69) is 51.7 Å². The summed E-state index contributed by atoms with van der Waals surface area (Å²) >= 11 is 0. The van der Waals surface area contributed by atoms with Gasteiger partial charge in [0.2, 0.25) is 5.88 Å². The van der Waals surface area contributed by atoms with Crippen LogP contribution in [0.4, 0.5) is 36.8 Å². The standard InChI is InChI=1S/C27H35F6N7O3Si/c1-15-11-17(37-38-21(15)18-14-40(6)39-22(18)27(31,32)33)13-34-24(41)35-19-12-20(26(28,29)30)36-23(16(19)2)42-9-10-43-44(7,8)25(3,4)5/h11-12,14H,9-10,13H2,1-8H3,(H2,34,35,36,41). The van der Waals surface area contributed by atoms with Crippen molar-refractivity contribution < 1.29 is 40.3 Å². The Morgan fingerprint density at radius 2 is 1.66 bits per heavy atom. The lowest BCUT2D eigenvalue weighted by atomic mass is 10.1. The van der Waals surface area contributed by atoms with Crippen molar-refractivity contribution in [2.45, 2.75) is 71.6 Å². The smallest absolute Gasteiger partial charge is 0.435 e. The van der Waals surface area contributed by atoms with E-state index in [1.54, 1.807) is 0 Å². The van der Waals surface area contributed by atoms with E-state index in [-0.39, 0.29) is 58.9 Å². The number of halogens is 6. The van der Waals surface area contributed by atoms with Gasteiger partial charge in [0.05, 0.1) is 35.8 Å². The lowest BCUT2D eigenvalue weighted by Gasteiger charge is -2.36. The fraction of sp³-hybridized carbons (Fsp3) is 0.519. The van der Waals surface area contributed by atoms with Gasteiger partial charge in [-0.3, -0.25) is 4.68 Å². The Morgan fingerprint density at radius 3 is 2.23 bits per heavy atom. The summed E-state index contributed by atoms with van der Waals surface area (Å²) < 4.78 is 93.5. The first-order chi connectivity index (χ1) is 20.1. The van der Waals surface area contributed by atoms with E-state index >= 15 is 0 Å². The molecule has 0 saturated carbocycles. The van der Waals surface area contributed by atoms with Crippen molar-refractivity contribution in [1.29, 1.82) is 0 Å². The summed E-state index contributed by atoms with van der Waals surface area (Å²) in [5.74, 6) is -0.306. The normalized spacial score (nSPS) is 12.8. The maximum absolute atomic E-state index is 13.6. The van der Waals surface area contributed by atoms with Gasteiger partial charge in [0.25, 0.3) is 0 Å². The van der Waals surface area contributed by atoms with Crippen LogP contribution in [0.1, 0.15) is 49.0 Å². The van der Waals surface area contributed by atoms with Crippen molar-refractivity contribution in [2.75, 3.05) is 18.5 Å². The number of rotatable bonds is 9. The van der Waals surface area contributed by atoms with Gasteiger partial charge in [0, 0.05) is 18.8 Å². The second kappa shape index (κ2) is 12.7. The highest BCUT2D eigenvalue weighted by atomic mass is 28.4.